The Hall–Kier alpha value is -1.05. The van der Waals surface area contributed by atoms with E-state index in [0.717, 1.165) is 50.9 Å². The average Bonchev–Trinajstić information content (AvgIpc) is 3.13. The van der Waals surface area contributed by atoms with Crippen LogP contribution in [-0.4, -0.2) is 30.2 Å². The van der Waals surface area contributed by atoms with Crippen LogP contribution in [0.15, 0.2) is 34.2 Å². The molecule has 0 amide bonds. The summed E-state index contributed by atoms with van der Waals surface area (Å²) in [4.78, 5) is 16.3. The number of aromatic nitrogens is 1. The first-order chi connectivity index (χ1) is 12.3. The number of aliphatic imine (C=N–C) groups is 1. The van der Waals surface area contributed by atoms with Crippen LogP contribution in [0.3, 0.4) is 0 Å². The summed E-state index contributed by atoms with van der Waals surface area (Å²) in [5.41, 5.74) is 0.0765. The lowest BCUT2D eigenvalue weighted by Gasteiger charge is -2.12. The lowest BCUT2D eigenvalue weighted by atomic mass is 10.0. The van der Waals surface area contributed by atoms with Crippen molar-refractivity contribution < 1.29 is 0 Å². The normalized spacial score (nSPS) is 14.9. The van der Waals surface area contributed by atoms with Crippen LogP contribution in [0.4, 0.5) is 0 Å². The van der Waals surface area contributed by atoms with Gasteiger partial charge >= 0.3 is 0 Å². The van der Waals surface area contributed by atoms with Crippen molar-refractivity contribution in [3.63, 3.8) is 0 Å². The van der Waals surface area contributed by atoms with Gasteiger partial charge < -0.3 is 15.2 Å². The molecule has 5 nitrogen and oxygen atoms in total. The number of nitrogens with zero attached hydrogens (tertiary/aromatic N) is 2. The summed E-state index contributed by atoms with van der Waals surface area (Å²) in [6.07, 6.45) is 12.1. The topological polar surface area (TPSA) is 58.4 Å². The third kappa shape index (κ3) is 9.05. The van der Waals surface area contributed by atoms with Gasteiger partial charge in [-0.15, -0.1) is 24.0 Å². The molecule has 1 aliphatic carbocycles. The van der Waals surface area contributed by atoms with Gasteiger partial charge in [0.1, 0.15) is 0 Å². The van der Waals surface area contributed by atoms with E-state index in [2.05, 4.69) is 22.5 Å². The van der Waals surface area contributed by atoms with Crippen molar-refractivity contribution in [3.8, 4) is 0 Å². The Bertz CT molecular complexity index is 567. The summed E-state index contributed by atoms with van der Waals surface area (Å²) >= 11 is 0. The third-order valence-electron chi connectivity index (χ3n) is 4.88. The number of hydrogen-bond acceptors (Lipinski definition) is 2. The summed E-state index contributed by atoms with van der Waals surface area (Å²) in [5, 5.41) is 6.71. The molecule has 148 valence electrons. The Balaban J connectivity index is 0.00000338. The largest absolute Gasteiger partial charge is 0.357 e. The maximum atomic E-state index is 11.6. The number of pyridine rings is 1. The van der Waals surface area contributed by atoms with Crippen molar-refractivity contribution >= 4 is 29.9 Å². The first-order valence-electron chi connectivity index (χ1n) is 9.97. The second-order valence-electron chi connectivity index (χ2n) is 6.92. The highest BCUT2D eigenvalue weighted by Crippen LogP contribution is 2.28. The van der Waals surface area contributed by atoms with Gasteiger partial charge in [0.2, 0.25) is 5.56 Å². The van der Waals surface area contributed by atoms with Crippen molar-refractivity contribution in [1.82, 2.24) is 15.2 Å². The zero-order chi connectivity index (χ0) is 17.7. The van der Waals surface area contributed by atoms with Crippen LogP contribution in [0.5, 0.6) is 0 Å². The first kappa shape index (κ1) is 23.0. The molecular formula is C20H35IN4O. The molecule has 1 aromatic rings. The molecule has 0 atom stereocenters. The summed E-state index contributed by atoms with van der Waals surface area (Å²) < 4.78 is 1.77. The van der Waals surface area contributed by atoms with Gasteiger partial charge in [0.25, 0.3) is 0 Å². The van der Waals surface area contributed by atoms with Crippen molar-refractivity contribution in [3.05, 3.63) is 34.7 Å². The molecule has 1 saturated carbocycles. The van der Waals surface area contributed by atoms with Crippen LogP contribution in [0.1, 0.15) is 58.3 Å². The second kappa shape index (κ2) is 14.1. The summed E-state index contributed by atoms with van der Waals surface area (Å²) in [7, 11) is 0. The number of rotatable bonds is 10. The van der Waals surface area contributed by atoms with Crippen LogP contribution in [0, 0.1) is 5.92 Å². The van der Waals surface area contributed by atoms with E-state index in [4.69, 9.17) is 0 Å². The van der Waals surface area contributed by atoms with E-state index in [1.54, 1.807) is 16.7 Å². The molecule has 1 aliphatic rings. The number of halogens is 1. The fraction of sp³-hybridized carbons (Fsp3) is 0.700. The van der Waals surface area contributed by atoms with Gasteiger partial charge in [0.05, 0.1) is 0 Å². The van der Waals surface area contributed by atoms with Crippen molar-refractivity contribution in [2.75, 3.05) is 19.6 Å². The van der Waals surface area contributed by atoms with Gasteiger partial charge in [-0.05, 0) is 44.6 Å². The number of hydrogen-bond donors (Lipinski definition) is 2. The van der Waals surface area contributed by atoms with Gasteiger partial charge in [-0.1, -0.05) is 31.7 Å². The number of nitrogens with one attached hydrogen (secondary N) is 2. The second-order valence-corrected chi connectivity index (χ2v) is 6.92. The minimum atomic E-state index is 0. The van der Waals surface area contributed by atoms with Crippen molar-refractivity contribution in [2.45, 2.75) is 64.8 Å². The zero-order valence-corrected chi connectivity index (χ0v) is 18.4. The molecule has 2 rings (SSSR count). The van der Waals surface area contributed by atoms with Crippen molar-refractivity contribution in [2.24, 2.45) is 10.9 Å². The van der Waals surface area contributed by atoms with Gasteiger partial charge in [-0.25, -0.2) is 0 Å². The molecule has 1 fully saturated rings. The van der Waals surface area contributed by atoms with E-state index in [-0.39, 0.29) is 29.5 Å². The zero-order valence-electron chi connectivity index (χ0n) is 16.1. The minimum Gasteiger partial charge on any atom is -0.357 e. The first-order valence-corrected chi connectivity index (χ1v) is 9.97. The third-order valence-corrected chi connectivity index (χ3v) is 4.88. The van der Waals surface area contributed by atoms with Gasteiger partial charge in [0.15, 0.2) is 5.96 Å². The number of aryl methyl sites for hydroxylation is 1. The van der Waals surface area contributed by atoms with E-state index in [9.17, 15) is 4.79 Å². The fourth-order valence-corrected chi connectivity index (χ4v) is 3.47. The molecule has 0 aliphatic heterocycles. The van der Waals surface area contributed by atoms with E-state index < -0.39 is 0 Å². The highest BCUT2D eigenvalue weighted by atomic mass is 127. The maximum Gasteiger partial charge on any atom is 0.250 e. The molecule has 0 radical (unpaired) electrons. The molecule has 1 heterocycles. The van der Waals surface area contributed by atoms with Crippen LogP contribution in [-0.2, 0) is 6.54 Å². The van der Waals surface area contributed by atoms with E-state index in [0.29, 0.717) is 0 Å². The standard InChI is InChI=1S/C20H34N4O.HI/c1-2-21-20(23-15-9-12-18-10-3-4-11-18)22-14-6-8-17-24-16-7-5-13-19(24)25;/h5,7,13,16,18H,2-4,6,8-12,14-15,17H2,1H3,(H2,21,22,23);1H. The highest BCUT2D eigenvalue weighted by molar-refractivity contribution is 14.0. The minimum absolute atomic E-state index is 0. The molecule has 2 N–H and O–H groups in total. The number of guanidine groups is 1. The smallest absolute Gasteiger partial charge is 0.250 e. The summed E-state index contributed by atoms with van der Waals surface area (Å²) in [6.45, 7) is 5.54. The molecular weight excluding hydrogens is 439 g/mol. The van der Waals surface area contributed by atoms with Gasteiger partial charge in [0, 0.05) is 38.4 Å². The van der Waals surface area contributed by atoms with Crippen LogP contribution >= 0.6 is 24.0 Å². The molecule has 0 bridgehead atoms. The van der Waals surface area contributed by atoms with Gasteiger partial charge in [-0.2, -0.15) is 0 Å². The molecule has 1 aromatic heterocycles. The van der Waals surface area contributed by atoms with Crippen LogP contribution in [0.25, 0.3) is 0 Å². The van der Waals surface area contributed by atoms with Crippen molar-refractivity contribution in [1.29, 1.82) is 0 Å². The molecule has 0 spiro atoms. The average molecular weight is 474 g/mol. The monoisotopic (exact) mass is 474 g/mol. The van der Waals surface area contributed by atoms with E-state index in [1.165, 1.54) is 38.5 Å². The Morgan fingerprint density at radius 3 is 2.73 bits per heavy atom. The van der Waals surface area contributed by atoms with Crippen LogP contribution < -0.4 is 16.2 Å². The number of unbranched alkanes of at least 4 members (excludes halogenated alkanes) is 1. The highest BCUT2D eigenvalue weighted by Gasteiger charge is 2.13. The molecule has 0 saturated heterocycles. The quantitative estimate of drug-likeness (QED) is 0.235. The van der Waals surface area contributed by atoms with Gasteiger partial charge in [-0.3, -0.25) is 9.79 Å². The van der Waals surface area contributed by atoms with E-state index >= 15 is 0 Å². The Morgan fingerprint density at radius 2 is 2.00 bits per heavy atom. The Morgan fingerprint density at radius 1 is 1.19 bits per heavy atom. The lowest BCUT2D eigenvalue weighted by Crippen LogP contribution is -2.38. The lowest BCUT2D eigenvalue weighted by molar-refractivity contribution is 0.487. The van der Waals surface area contributed by atoms with Crippen LogP contribution in [0.2, 0.25) is 0 Å². The SMILES string of the molecule is CCNC(=NCCCC1CCCC1)NCCCCn1ccccc1=O.I. The maximum absolute atomic E-state index is 11.6. The fourth-order valence-electron chi connectivity index (χ4n) is 3.47. The Labute approximate surface area is 175 Å². The Kier molecular flexibility index (Phi) is 12.4. The predicted octanol–water partition coefficient (Wildman–Crippen LogP) is 3.77. The molecule has 6 heteroatoms. The molecule has 0 aromatic carbocycles. The molecule has 0 unspecified atom stereocenters. The molecule has 26 heavy (non-hydrogen) atoms. The summed E-state index contributed by atoms with van der Waals surface area (Å²) in [6, 6.07) is 5.30. The summed E-state index contributed by atoms with van der Waals surface area (Å²) in [5.74, 6) is 1.87. The predicted molar refractivity (Wildman–Crippen MR) is 121 cm³/mol. The van der Waals surface area contributed by atoms with E-state index in [1.807, 2.05) is 12.3 Å².